The van der Waals surface area contributed by atoms with Gasteiger partial charge in [-0.2, -0.15) is 0 Å². The summed E-state index contributed by atoms with van der Waals surface area (Å²) in [7, 11) is 0. The molecule has 0 saturated carbocycles. The molecule has 2 heterocycles. The maximum absolute atomic E-state index is 11.3. The lowest BCUT2D eigenvalue weighted by Gasteiger charge is -2.25. The second kappa shape index (κ2) is 14.7. The van der Waals surface area contributed by atoms with E-state index < -0.39 is 5.89 Å². The van der Waals surface area contributed by atoms with E-state index in [0.717, 1.165) is 55.8 Å². The van der Waals surface area contributed by atoms with Gasteiger partial charge < -0.3 is 5.11 Å². The number of pyridine rings is 1. The molecule has 2 aromatic heterocycles. The van der Waals surface area contributed by atoms with Crippen molar-refractivity contribution in [2.75, 3.05) is 0 Å². The average molecular weight is 747 g/mol. The van der Waals surface area contributed by atoms with Crippen molar-refractivity contribution >= 4 is 11.0 Å². The zero-order chi connectivity index (χ0) is 41.0. The van der Waals surface area contributed by atoms with Crippen LogP contribution in [0, 0.1) is 0 Å². The molecule has 0 radical (unpaired) electrons. The van der Waals surface area contributed by atoms with Gasteiger partial charge in [-0.25, -0.2) is 4.98 Å². The fraction of sp³-hybridized carbons (Fsp3) is 0.208. The van der Waals surface area contributed by atoms with Crippen molar-refractivity contribution in [1.82, 2.24) is 14.5 Å². The summed E-state index contributed by atoms with van der Waals surface area (Å²) < 4.78 is 10.7. The third-order valence-corrected chi connectivity index (χ3v) is 10.9. The Kier molecular flexibility index (Phi) is 9.37. The highest BCUT2D eigenvalue weighted by Crippen LogP contribution is 2.42. The van der Waals surface area contributed by atoms with Crippen LogP contribution in [0.25, 0.3) is 72.7 Å². The molecule has 6 aromatic carbocycles. The first-order valence-electron chi connectivity index (χ1n) is 20.3. The highest BCUT2D eigenvalue weighted by atomic mass is 16.3. The van der Waals surface area contributed by atoms with Gasteiger partial charge in [-0.3, -0.25) is 9.55 Å². The lowest BCUT2D eigenvalue weighted by atomic mass is 9.81. The van der Waals surface area contributed by atoms with Crippen LogP contribution in [0.5, 0.6) is 5.75 Å². The third-order valence-electron chi connectivity index (χ3n) is 10.9. The van der Waals surface area contributed by atoms with Gasteiger partial charge in [0.05, 0.1) is 22.3 Å². The molecule has 8 aromatic rings. The summed E-state index contributed by atoms with van der Waals surface area (Å²) in [5.74, 6) is 0.197. The zero-order valence-corrected chi connectivity index (χ0v) is 34.2. The van der Waals surface area contributed by atoms with E-state index in [1.165, 1.54) is 22.3 Å². The number of hydrogen-bond acceptors (Lipinski definition) is 3. The molecule has 0 unspecified atom stereocenters. The SMILES string of the molecule is [2H]C(C)(C)c1ccc(-c2ccnc(-c3cc(-c4cccc5c4nc(-c4ccccc4O)n5-c4ccc(-c5ccccc5)c(C(C)(C)C)c4)cc(C(C)(C)C)c3)c2)cc1. The van der Waals surface area contributed by atoms with E-state index in [1.807, 2.05) is 56.4 Å². The first-order valence-corrected chi connectivity index (χ1v) is 19.8. The highest BCUT2D eigenvalue weighted by molar-refractivity contribution is 5.97. The van der Waals surface area contributed by atoms with Crippen molar-refractivity contribution < 1.29 is 6.48 Å². The van der Waals surface area contributed by atoms with Gasteiger partial charge in [-0.15, -0.1) is 0 Å². The Morgan fingerprint density at radius 3 is 1.98 bits per heavy atom. The topological polar surface area (TPSA) is 50.9 Å². The molecule has 1 N–H and O–H groups in total. The highest BCUT2D eigenvalue weighted by Gasteiger charge is 2.25. The van der Waals surface area contributed by atoms with Crippen molar-refractivity contribution in [1.29, 1.82) is 0 Å². The van der Waals surface area contributed by atoms with E-state index in [4.69, 9.17) is 11.3 Å². The van der Waals surface area contributed by atoms with Gasteiger partial charge in [0.2, 0.25) is 0 Å². The summed E-state index contributed by atoms with van der Waals surface area (Å²) in [5.41, 5.74) is 15.1. The maximum Gasteiger partial charge on any atom is 0.149 e. The van der Waals surface area contributed by atoms with Gasteiger partial charge in [-0.05, 0) is 116 Å². The van der Waals surface area contributed by atoms with Crippen molar-refractivity contribution in [3.8, 4) is 67.5 Å². The molecule has 0 atom stereocenters. The first kappa shape index (κ1) is 36.4. The summed E-state index contributed by atoms with van der Waals surface area (Å²) in [6.07, 6.45) is 1.88. The fourth-order valence-electron chi connectivity index (χ4n) is 7.73. The van der Waals surface area contributed by atoms with Crippen LogP contribution in [0.1, 0.15) is 79.3 Å². The second-order valence-electron chi connectivity index (χ2n) is 17.4. The van der Waals surface area contributed by atoms with Crippen LogP contribution in [-0.2, 0) is 10.8 Å². The molecule has 0 aliphatic rings. The van der Waals surface area contributed by atoms with E-state index in [9.17, 15) is 5.11 Å². The Hall–Kier alpha value is -6.26. The third kappa shape index (κ3) is 7.40. The molecule has 0 bridgehead atoms. The fourth-order valence-corrected chi connectivity index (χ4v) is 7.73. The summed E-state index contributed by atoms with van der Waals surface area (Å²) in [5, 5.41) is 11.3. The number of aromatic hydroxyl groups is 1. The monoisotopic (exact) mass is 746 g/mol. The molecule has 0 fully saturated rings. The standard InChI is InChI=1S/C53H51N3O/c1-34(2)35-21-23-36(24-22-35)38-27-28-54-47(32-38)40-29-39(30-41(31-40)52(3,4)5)44-18-14-19-48-50(44)55-51(45-17-12-13-20-49(45)57)56(48)42-25-26-43(37-15-10-9-11-16-37)46(33-42)53(6,7)8/h9-34,57H,1-8H3/i34D. The molecule has 4 nitrogen and oxygen atoms in total. The summed E-state index contributed by atoms with van der Waals surface area (Å²) in [6.45, 7) is 17.3. The average Bonchev–Trinajstić information content (AvgIpc) is 3.60. The molecular formula is C53H51N3O. The molecule has 0 spiro atoms. The van der Waals surface area contributed by atoms with Gasteiger partial charge in [0, 0.05) is 24.4 Å². The molecule has 0 aliphatic heterocycles. The normalized spacial score (nSPS) is 12.5. The van der Waals surface area contributed by atoms with E-state index in [0.29, 0.717) is 11.4 Å². The van der Waals surface area contributed by atoms with Crippen LogP contribution in [-0.4, -0.2) is 19.6 Å². The molecule has 8 rings (SSSR count). The molecule has 0 saturated heterocycles. The van der Waals surface area contributed by atoms with Gasteiger partial charge in [-0.1, -0.05) is 146 Å². The largest absolute Gasteiger partial charge is 0.507 e. The van der Waals surface area contributed by atoms with Crippen LogP contribution in [0.3, 0.4) is 0 Å². The molecule has 284 valence electrons. The number of para-hydroxylation sites is 2. The number of aromatic nitrogens is 3. The Labute approximate surface area is 339 Å². The van der Waals surface area contributed by atoms with Crippen molar-refractivity contribution in [2.24, 2.45) is 0 Å². The number of rotatable bonds is 7. The van der Waals surface area contributed by atoms with Crippen molar-refractivity contribution in [2.45, 2.75) is 72.1 Å². The predicted octanol–water partition coefficient (Wildman–Crippen LogP) is 14.2. The van der Waals surface area contributed by atoms with Crippen LogP contribution in [0.15, 0.2) is 152 Å². The van der Waals surface area contributed by atoms with E-state index >= 15 is 0 Å². The lowest BCUT2D eigenvalue weighted by molar-refractivity contribution is 0.477. The first-order chi connectivity index (χ1) is 27.6. The Bertz CT molecular complexity index is 2780. The Balaban J connectivity index is 1.33. The number of nitrogens with zero attached hydrogens (tertiary/aromatic N) is 3. The van der Waals surface area contributed by atoms with Crippen molar-refractivity contribution in [3.05, 3.63) is 168 Å². The second-order valence-corrected chi connectivity index (χ2v) is 17.4. The summed E-state index contributed by atoms with van der Waals surface area (Å²) in [6, 6.07) is 50.4. The van der Waals surface area contributed by atoms with Crippen LogP contribution in [0.4, 0.5) is 0 Å². The maximum atomic E-state index is 11.3. The number of phenols is 1. The number of phenolic OH excluding ortho intramolecular Hbond substituents is 1. The van der Waals surface area contributed by atoms with E-state index in [1.54, 1.807) is 6.07 Å². The molecule has 0 amide bonds. The number of fused-ring (bicyclic) bond motifs is 1. The summed E-state index contributed by atoms with van der Waals surface area (Å²) >= 11 is 0. The van der Waals surface area contributed by atoms with Crippen LogP contribution >= 0.6 is 0 Å². The quantitative estimate of drug-likeness (QED) is 0.177. The zero-order valence-electron chi connectivity index (χ0n) is 35.2. The van der Waals surface area contributed by atoms with Crippen molar-refractivity contribution in [3.63, 3.8) is 0 Å². The molecule has 4 heteroatoms. The minimum atomic E-state index is -0.658. The van der Waals surface area contributed by atoms with Gasteiger partial charge >= 0.3 is 0 Å². The molecule has 57 heavy (non-hydrogen) atoms. The number of imidazole rings is 1. The summed E-state index contributed by atoms with van der Waals surface area (Å²) in [4.78, 5) is 10.3. The minimum absolute atomic E-state index is 0.140. The van der Waals surface area contributed by atoms with Crippen LogP contribution in [0.2, 0.25) is 0 Å². The number of benzene rings is 6. The smallest absolute Gasteiger partial charge is 0.149 e. The molecule has 0 aliphatic carbocycles. The number of hydrogen-bond donors (Lipinski definition) is 1. The van der Waals surface area contributed by atoms with E-state index in [-0.39, 0.29) is 16.6 Å². The minimum Gasteiger partial charge on any atom is -0.507 e. The Morgan fingerprint density at radius 2 is 1.28 bits per heavy atom. The van der Waals surface area contributed by atoms with E-state index in [2.05, 4.69) is 149 Å². The van der Waals surface area contributed by atoms with Gasteiger partial charge in [0.25, 0.3) is 0 Å². The van der Waals surface area contributed by atoms with Gasteiger partial charge in [0.15, 0.2) is 0 Å². The predicted molar refractivity (Wildman–Crippen MR) is 239 cm³/mol. The lowest BCUT2D eigenvalue weighted by Crippen LogP contribution is -2.14. The van der Waals surface area contributed by atoms with Crippen LogP contribution < -0.4 is 0 Å². The van der Waals surface area contributed by atoms with Gasteiger partial charge in [0.1, 0.15) is 11.6 Å². The molecular weight excluding hydrogens is 695 g/mol. The Morgan fingerprint density at radius 1 is 0.579 bits per heavy atom.